The van der Waals surface area contributed by atoms with E-state index in [-0.39, 0.29) is 11.8 Å². The molecule has 2 aromatic rings. The Morgan fingerprint density at radius 2 is 1.96 bits per heavy atom. The van der Waals surface area contributed by atoms with Gasteiger partial charge in [-0.25, -0.2) is 0 Å². The first-order valence-corrected chi connectivity index (χ1v) is 10.3. The number of nitrogens with zero attached hydrogens (tertiary/aromatic N) is 2. The highest BCUT2D eigenvalue weighted by Crippen LogP contribution is 2.32. The van der Waals surface area contributed by atoms with Crippen molar-refractivity contribution in [1.82, 2.24) is 4.90 Å². The van der Waals surface area contributed by atoms with E-state index >= 15 is 0 Å². The lowest BCUT2D eigenvalue weighted by atomic mass is 10.1. The number of thioether (sulfide) groups is 1. The summed E-state index contributed by atoms with van der Waals surface area (Å²) < 4.78 is 0. The van der Waals surface area contributed by atoms with Crippen molar-refractivity contribution < 1.29 is 9.59 Å². The topological polar surface area (TPSA) is 52.6 Å². The van der Waals surface area contributed by atoms with E-state index in [1.54, 1.807) is 11.0 Å². The van der Waals surface area contributed by atoms with Gasteiger partial charge in [-0.05, 0) is 42.7 Å². The molecule has 1 saturated heterocycles. The van der Waals surface area contributed by atoms with Crippen molar-refractivity contribution in [1.29, 1.82) is 0 Å². The van der Waals surface area contributed by atoms with Crippen molar-refractivity contribution in [3.05, 3.63) is 53.6 Å². The molecule has 4 rings (SSSR count). The van der Waals surface area contributed by atoms with Crippen LogP contribution < -0.4 is 10.2 Å². The maximum Gasteiger partial charge on any atom is 0.253 e. The number of carbonyl (C=O) groups excluding carboxylic acids is 2. The van der Waals surface area contributed by atoms with Gasteiger partial charge in [-0.15, -0.1) is 11.8 Å². The first-order chi connectivity index (χ1) is 13.1. The molecule has 0 aromatic heterocycles. The molecule has 5 nitrogen and oxygen atoms in total. The lowest BCUT2D eigenvalue weighted by molar-refractivity contribution is -0.113. The third kappa shape index (κ3) is 3.81. The quantitative estimate of drug-likeness (QED) is 0.879. The molecule has 0 radical (unpaired) electrons. The largest absolute Gasteiger partial charge is 0.371 e. The summed E-state index contributed by atoms with van der Waals surface area (Å²) in [6, 6.07) is 13.9. The van der Waals surface area contributed by atoms with E-state index in [1.165, 1.54) is 30.3 Å². The lowest BCUT2D eigenvalue weighted by Gasteiger charge is -2.25. The molecule has 1 N–H and O–H groups in total. The molecule has 0 atom stereocenters. The fourth-order valence-electron chi connectivity index (χ4n) is 3.67. The zero-order valence-electron chi connectivity index (χ0n) is 15.4. The number of anilines is 2. The zero-order chi connectivity index (χ0) is 18.8. The molecular formula is C21H23N3O2S. The number of amides is 2. The van der Waals surface area contributed by atoms with E-state index in [0.29, 0.717) is 17.9 Å². The second-order valence-electron chi connectivity index (χ2n) is 7.03. The molecular weight excluding hydrogens is 358 g/mol. The predicted octanol–water partition coefficient (Wildman–Crippen LogP) is 3.60. The van der Waals surface area contributed by atoms with Crippen molar-refractivity contribution in [2.75, 3.05) is 36.1 Å². The normalized spacial score (nSPS) is 16.0. The fraction of sp³-hybridized carbons (Fsp3) is 0.333. The molecule has 2 amide bonds. The number of fused-ring (bicyclic) bond motifs is 1. The number of rotatable bonds is 4. The molecule has 0 bridgehead atoms. The third-order valence-electron chi connectivity index (χ3n) is 5.05. The summed E-state index contributed by atoms with van der Waals surface area (Å²) >= 11 is 1.50. The van der Waals surface area contributed by atoms with Gasteiger partial charge < -0.3 is 15.1 Å². The Kier molecular flexibility index (Phi) is 5.07. The van der Waals surface area contributed by atoms with Crippen LogP contribution in [-0.4, -0.2) is 42.6 Å². The van der Waals surface area contributed by atoms with Gasteiger partial charge in [-0.3, -0.25) is 9.59 Å². The van der Waals surface area contributed by atoms with Gasteiger partial charge in [0.15, 0.2) is 0 Å². The predicted molar refractivity (Wildman–Crippen MR) is 109 cm³/mol. The van der Waals surface area contributed by atoms with Crippen LogP contribution in [-0.2, 0) is 11.3 Å². The van der Waals surface area contributed by atoms with Gasteiger partial charge in [0.05, 0.1) is 11.4 Å². The molecule has 0 unspecified atom stereocenters. The van der Waals surface area contributed by atoms with Crippen molar-refractivity contribution >= 4 is 35.0 Å². The van der Waals surface area contributed by atoms with Crippen molar-refractivity contribution in [3.8, 4) is 0 Å². The number of hydrogen-bond donors (Lipinski definition) is 1. The van der Waals surface area contributed by atoms with Crippen LogP contribution in [0.25, 0.3) is 0 Å². The molecule has 2 aliphatic rings. The monoisotopic (exact) mass is 381 g/mol. The Bertz CT molecular complexity index is 877. The van der Waals surface area contributed by atoms with Crippen molar-refractivity contribution in [3.63, 3.8) is 0 Å². The van der Waals surface area contributed by atoms with Gasteiger partial charge in [0.1, 0.15) is 0 Å². The van der Waals surface area contributed by atoms with Crippen LogP contribution in [0.3, 0.4) is 0 Å². The summed E-state index contributed by atoms with van der Waals surface area (Å²) in [5, 5.41) is 2.85. The summed E-state index contributed by atoms with van der Waals surface area (Å²) in [5.41, 5.74) is 3.71. The van der Waals surface area contributed by atoms with Crippen LogP contribution in [0.4, 0.5) is 11.4 Å². The highest BCUT2D eigenvalue weighted by molar-refractivity contribution is 8.00. The number of para-hydroxylation sites is 1. The van der Waals surface area contributed by atoms with Crippen LogP contribution >= 0.6 is 11.8 Å². The molecule has 2 aromatic carbocycles. The number of nitrogens with one attached hydrogen (secondary N) is 1. The Balaban J connectivity index is 1.52. The highest BCUT2D eigenvalue weighted by Gasteiger charge is 2.21. The van der Waals surface area contributed by atoms with Crippen LogP contribution in [0.2, 0.25) is 0 Å². The molecule has 0 aliphatic carbocycles. The van der Waals surface area contributed by atoms with Gasteiger partial charge in [-0.1, -0.05) is 18.2 Å². The maximum absolute atomic E-state index is 12.9. The minimum absolute atomic E-state index is 0.0232. The van der Waals surface area contributed by atoms with E-state index < -0.39 is 0 Å². The third-order valence-corrected chi connectivity index (χ3v) is 6.13. The van der Waals surface area contributed by atoms with E-state index in [1.807, 2.05) is 25.2 Å². The van der Waals surface area contributed by atoms with Crippen molar-refractivity contribution in [2.24, 2.45) is 0 Å². The first-order valence-electron chi connectivity index (χ1n) is 9.27. The van der Waals surface area contributed by atoms with Crippen molar-refractivity contribution in [2.45, 2.75) is 24.3 Å². The summed E-state index contributed by atoms with van der Waals surface area (Å²) in [7, 11) is 1.83. The molecule has 0 spiro atoms. The molecule has 0 saturated carbocycles. The van der Waals surface area contributed by atoms with Gasteiger partial charge in [0.25, 0.3) is 5.91 Å². The minimum Gasteiger partial charge on any atom is -0.371 e. The van der Waals surface area contributed by atoms with Gasteiger partial charge >= 0.3 is 0 Å². The van der Waals surface area contributed by atoms with E-state index in [4.69, 9.17) is 0 Å². The second-order valence-corrected chi connectivity index (χ2v) is 8.05. The SMILES string of the molecule is CN(Cc1ccccc1N1CCCC1)C(=O)c1ccc2c(c1)NC(=O)CS2. The van der Waals surface area contributed by atoms with Crippen LogP contribution in [0.1, 0.15) is 28.8 Å². The number of carbonyl (C=O) groups is 2. The van der Waals surface area contributed by atoms with Gasteiger partial charge in [0, 0.05) is 42.8 Å². The molecule has 6 heteroatoms. The van der Waals surface area contributed by atoms with E-state index in [0.717, 1.165) is 29.2 Å². The summed E-state index contributed by atoms with van der Waals surface area (Å²) in [5.74, 6) is 0.358. The maximum atomic E-state index is 12.9. The molecule has 2 heterocycles. The van der Waals surface area contributed by atoms with Crippen LogP contribution in [0.15, 0.2) is 47.4 Å². The summed E-state index contributed by atoms with van der Waals surface area (Å²) in [6.45, 7) is 2.72. The number of benzene rings is 2. The molecule has 27 heavy (non-hydrogen) atoms. The highest BCUT2D eigenvalue weighted by atomic mass is 32.2. The zero-order valence-corrected chi connectivity index (χ0v) is 16.2. The second kappa shape index (κ2) is 7.64. The average molecular weight is 382 g/mol. The Labute approximate surface area is 163 Å². The molecule has 140 valence electrons. The Morgan fingerprint density at radius 1 is 1.19 bits per heavy atom. The Morgan fingerprint density at radius 3 is 2.78 bits per heavy atom. The summed E-state index contributed by atoms with van der Waals surface area (Å²) in [4.78, 5) is 29.7. The van der Waals surface area contributed by atoms with E-state index in [2.05, 4.69) is 28.4 Å². The minimum atomic E-state index is -0.0427. The van der Waals surface area contributed by atoms with E-state index in [9.17, 15) is 9.59 Å². The molecule has 2 aliphatic heterocycles. The number of hydrogen-bond acceptors (Lipinski definition) is 4. The fourth-order valence-corrected chi connectivity index (χ4v) is 4.46. The average Bonchev–Trinajstić information content (AvgIpc) is 3.21. The van der Waals surface area contributed by atoms with Crippen LogP contribution in [0.5, 0.6) is 0 Å². The Hall–Kier alpha value is -2.47. The van der Waals surface area contributed by atoms with Gasteiger partial charge in [0.2, 0.25) is 5.91 Å². The van der Waals surface area contributed by atoms with Gasteiger partial charge in [-0.2, -0.15) is 0 Å². The first kappa shape index (κ1) is 17.9. The summed E-state index contributed by atoms with van der Waals surface area (Å²) in [6.07, 6.45) is 2.45. The molecule has 1 fully saturated rings. The smallest absolute Gasteiger partial charge is 0.253 e. The van der Waals surface area contributed by atoms with Crippen LogP contribution in [0, 0.1) is 0 Å². The lowest BCUT2D eigenvalue weighted by Crippen LogP contribution is -2.28. The standard InChI is InChI=1S/C21H23N3O2S/c1-23(13-16-6-2-3-7-18(16)24-10-4-5-11-24)21(26)15-8-9-19-17(12-15)22-20(25)14-27-19/h2-3,6-9,12H,4-5,10-11,13-14H2,1H3,(H,22,25).